The number of fused-ring (bicyclic) bond motifs is 4. The second kappa shape index (κ2) is 42.4. The third-order valence-corrected chi connectivity index (χ3v) is 22.3. The molecule has 0 saturated carbocycles. The van der Waals surface area contributed by atoms with Gasteiger partial charge in [0.2, 0.25) is 22.5 Å². The maximum Gasteiger partial charge on any atom is 0.227 e. The minimum atomic E-state index is 0. The molecule has 0 radical (unpaired) electrons. The molecule has 0 bridgehead atoms. The standard InChI is InChI=1S/2C18H18Cl2N6O.C14H10Cl3N5.C10H10ClN3.C6H15N.C5H10O.C4HCl3N2.2ClH/c2*19-12-1-2-14-15(7-12)23-16(22-14)11-9-26(10-11)17-13(20)8-21-18(24-17)25-3-5-27-6-4-25;15-8-1-2-10-11(3-8)20-12(19-10)7-5-22(6-7)13-9(16)4-18-14(17)21-13;11-7-1-2-8-9(3-7)14-10(13-8)6-4-12-5-6;1-4-7(5-2)6-3;1-2-4-6-5-3-1;5-2-1-8-4(7)9-3(2)6;;/h2*1-2,7-8,11H,3-6,9-10H2,(H,22,23);1-4,7H,5-6H2,(H,19,20);1-3,6,12H,4-5H2,(H,13,14);4-6H2,1-3H3;1-5H2;1H;2*1H. The fraction of sp³-hybridized carbons (Fsp3) is 0.413. The van der Waals surface area contributed by atoms with Crippen LogP contribution in [0.2, 0.25) is 55.9 Å². The smallest absolute Gasteiger partial charge is 0.227 e. The molecular weight excluding hydrogens is 1730 g/mol. The Kier molecular flexibility index (Phi) is 32.9. The monoisotopic (exact) mass is 1810 g/mol. The summed E-state index contributed by atoms with van der Waals surface area (Å²) in [4.78, 5) is 78.3. The van der Waals surface area contributed by atoms with Crippen LogP contribution in [0.5, 0.6) is 0 Å². The lowest BCUT2D eigenvalue weighted by Crippen LogP contribution is -2.46. The van der Waals surface area contributed by atoms with Gasteiger partial charge in [-0.25, -0.2) is 44.9 Å². The number of aromatic amines is 4. The molecule has 0 spiro atoms. The second-order valence-corrected chi connectivity index (χ2v) is 31.5. The summed E-state index contributed by atoms with van der Waals surface area (Å²) in [5.41, 5.74) is 7.68. The highest BCUT2D eigenvalue weighted by Crippen LogP contribution is 2.39. The Bertz CT molecular complexity index is 4920. The largest absolute Gasteiger partial charge is 0.381 e. The van der Waals surface area contributed by atoms with Gasteiger partial charge in [-0.15, -0.1) is 24.8 Å². The van der Waals surface area contributed by atoms with E-state index in [1.54, 1.807) is 12.4 Å². The zero-order chi connectivity index (χ0) is 78.4. The van der Waals surface area contributed by atoms with E-state index in [1.165, 1.54) is 51.3 Å². The maximum atomic E-state index is 6.37. The lowest BCUT2D eigenvalue weighted by Gasteiger charge is -2.39. The first-order valence-electron chi connectivity index (χ1n) is 36.9. The number of halogens is 13. The normalized spacial score (nSPS) is 16.3. The first-order chi connectivity index (χ1) is 54.3. The number of hydrogen-bond acceptors (Lipinski definition) is 22. The van der Waals surface area contributed by atoms with Crippen molar-refractivity contribution in [2.75, 3.05) is 162 Å². The van der Waals surface area contributed by atoms with Crippen molar-refractivity contribution in [1.29, 1.82) is 0 Å². The van der Waals surface area contributed by atoms with Crippen molar-refractivity contribution in [2.45, 2.75) is 63.7 Å². The van der Waals surface area contributed by atoms with Crippen molar-refractivity contribution >= 4 is 226 Å². The van der Waals surface area contributed by atoms with Gasteiger partial charge in [-0.2, -0.15) is 15.0 Å². The molecule has 39 heteroatoms. The number of aromatic nitrogens is 16. The van der Waals surface area contributed by atoms with Crippen LogP contribution in [0.3, 0.4) is 0 Å². The summed E-state index contributed by atoms with van der Waals surface area (Å²) in [6.45, 7) is 25.0. The van der Waals surface area contributed by atoms with Crippen LogP contribution in [-0.4, -0.2) is 222 Å². The van der Waals surface area contributed by atoms with Crippen molar-refractivity contribution in [3.63, 3.8) is 0 Å². The molecule has 12 aromatic rings. The predicted octanol–water partition coefficient (Wildman–Crippen LogP) is 17.8. The average Bonchev–Trinajstić information content (AvgIpc) is 1.53. The molecule has 7 aliphatic rings. The summed E-state index contributed by atoms with van der Waals surface area (Å²) in [5.74, 6) is 9.08. The van der Waals surface area contributed by atoms with Crippen LogP contribution in [0.4, 0.5) is 29.4 Å². The Balaban J connectivity index is 0.000000139. The number of ether oxygens (including phenoxy) is 3. The van der Waals surface area contributed by atoms with E-state index in [0.29, 0.717) is 103 Å². The molecule has 7 aliphatic heterocycles. The van der Waals surface area contributed by atoms with Gasteiger partial charge in [-0.3, -0.25) is 0 Å². The van der Waals surface area contributed by atoms with E-state index in [1.807, 2.05) is 72.8 Å². The molecule has 19 rings (SSSR count). The predicted molar refractivity (Wildman–Crippen MR) is 467 cm³/mol. The first-order valence-corrected chi connectivity index (χ1v) is 41.1. The SMILES string of the molecule is C1CCOCC1.CCN(CC)CC.Cl.Cl.Clc1ccc2nc(C3CN(c4nc(Cl)ncc4Cl)C3)[nH]c2c1.Clc1ccc2nc(C3CN(c4nc(N5CCOCC5)ncc4Cl)C3)[nH]c2c1.Clc1ccc2nc(C3CN(c4nc(N5CCOCC5)ncc4Cl)C3)[nH]c2c1.Clc1ccc2nc(C3CNC3)[nH]c2c1.Clc1ncc(Cl)c(Cl)n1. The van der Waals surface area contributed by atoms with Crippen LogP contribution in [0.1, 0.15) is 87.0 Å². The summed E-state index contributed by atoms with van der Waals surface area (Å²) in [6.07, 6.45) is 10.2. The molecule has 114 heavy (non-hydrogen) atoms. The van der Waals surface area contributed by atoms with Crippen LogP contribution in [0.15, 0.2) is 97.6 Å². The van der Waals surface area contributed by atoms with E-state index in [9.17, 15) is 0 Å². The van der Waals surface area contributed by atoms with E-state index in [0.717, 1.165) is 176 Å². The van der Waals surface area contributed by atoms with Crippen LogP contribution in [0.25, 0.3) is 44.1 Å². The molecule has 0 atom stereocenters. The third-order valence-electron chi connectivity index (χ3n) is 19.5. The third kappa shape index (κ3) is 23.1. The van der Waals surface area contributed by atoms with Crippen LogP contribution in [-0.2, 0) is 14.2 Å². The Labute approximate surface area is 726 Å². The number of rotatable bonds is 12. The molecule has 8 aromatic heterocycles. The number of nitrogens with zero attached hydrogens (tertiary/aromatic N) is 18. The summed E-state index contributed by atoms with van der Waals surface area (Å²) >= 11 is 64.9. The van der Waals surface area contributed by atoms with E-state index in [4.69, 9.17) is 152 Å². The van der Waals surface area contributed by atoms with Gasteiger partial charge in [0.1, 0.15) is 38.4 Å². The minimum Gasteiger partial charge on any atom is -0.381 e. The van der Waals surface area contributed by atoms with Gasteiger partial charge in [0.05, 0.1) is 118 Å². The number of H-pyrrole nitrogens is 4. The van der Waals surface area contributed by atoms with Crippen molar-refractivity contribution in [1.82, 2.24) is 90.0 Å². The average molecular weight is 1820 g/mol. The fourth-order valence-corrected chi connectivity index (χ4v) is 14.8. The van der Waals surface area contributed by atoms with Gasteiger partial charge in [0, 0.05) is 118 Å². The molecule has 0 aliphatic carbocycles. The van der Waals surface area contributed by atoms with Crippen molar-refractivity contribution < 1.29 is 14.2 Å². The van der Waals surface area contributed by atoms with Crippen LogP contribution in [0, 0.1) is 0 Å². The summed E-state index contributed by atoms with van der Waals surface area (Å²) in [6, 6.07) is 22.7. The fourth-order valence-electron chi connectivity index (χ4n) is 13.0. The lowest BCUT2D eigenvalue weighted by molar-refractivity contribution is 0.0968. The van der Waals surface area contributed by atoms with Gasteiger partial charge in [-0.1, -0.05) is 125 Å². The van der Waals surface area contributed by atoms with E-state index >= 15 is 0 Å². The highest BCUT2D eigenvalue weighted by molar-refractivity contribution is 6.41. The first kappa shape index (κ1) is 88.5. The van der Waals surface area contributed by atoms with Gasteiger partial charge >= 0.3 is 0 Å². The molecule has 608 valence electrons. The molecule has 7 saturated heterocycles. The van der Waals surface area contributed by atoms with Crippen LogP contribution < -0.4 is 29.8 Å². The Hall–Kier alpha value is -6.35. The topological polar surface area (TPSA) is 277 Å². The number of benzene rings is 4. The summed E-state index contributed by atoms with van der Waals surface area (Å²) < 4.78 is 15.9. The molecule has 0 unspecified atom stereocenters. The Morgan fingerprint density at radius 2 is 0.675 bits per heavy atom. The summed E-state index contributed by atoms with van der Waals surface area (Å²) in [7, 11) is 0. The van der Waals surface area contributed by atoms with Gasteiger partial charge in [0.15, 0.2) is 22.6 Å². The lowest BCUT2D eigenvalue weighted by atomic mass is 9.99. The molecule has 5 N–H and O–H groups in total. The molecule has 4 aromatic carbocycles. The van der Waals surface area contributed by atoms with E-state index in [2.05, 4.69) is 125 Å². The van der Waals surface area contributed by atoms with Crippen LogP contribution >= 0.6 is 152 Å². The molecular formula is C75H84Cl13N23O3. The maximum absolute atomic E-state index is 6.37. The quantitative estimate of drug-likeness (QED) is 0.0561. The molecule has 0 amide bonds. The highest BCUT2D eigenvalue weighted by atomic mass is 35.5. The number of hydrogen-bond donors (Lipinski definition) is 5. The Morgan fingerprint density at radius 3 is 0.965 bits per heavy atom. The molecule has 7 fully saturated rings. The van der Waals surface area contributed by atoms with E-state index < -0.39 is 0 Å². The van der Waals surface area contributed by atoms with Crippen molar-refractivity contribution in [3.8, 4) is 0 Å². The number of morpholine rings is 2. The van der Waals surface area contributed by atoms with Crippen molar-refractivity contribution in [2.24, 2.45) is 0 Å². The minimum absolute atomic E-state index is 0. The van der Waals surface area contributed by atoms with Gasteiger partial charge < -0.3 is 68.9 Å². The molecule has 26 nitrogen and oxygen atoms in total. The highest BCUT2D eigenvalue weighted by Gasteiger charge is 2.36. The van der Waals surface area contributed by atoms with Crippen molar-refractivity contribution in [3.05, 3.63) is 177 Å². The molecule has 15 heterocycles. The number of nitrogens with one attached hydrogen (secondary N) is 5. The number of imidazole rings is 4. The Morgan fingerprint density at radius 1 is 0.360 bits per heavy atom. The van der Waals surface area contributed by atoms with Gasteiger partial charge in [0.25, 0.3) is 0 Å². The zero-order valence-corrected chi connectivity index (χ0v) is 72.2. The zero-order valence-electron chi connectivity index (χ0n) is 62.3. The van der Waals surface area contributed by atoms with Gasteiger partial charge in [-0.05, 0) is 135 Å². The van der Waals surface area contributed by atoms with E-state index in [-0.39, 0.29) is 40.5 Å². The number of anilines is 5. The summed E-state index contributed by atoms with van der Waals surface area (Å²) in [5, 5.41) is 8.51. The second-order valence-electron chi connectivity index (χ2n) is 27.1.